The van der Waals surface area contributed by atoms with Crippen molar-refractivity contribution in [1.82, 2.24) is 0 Å². The van der Waals surface area contributed by atoms with Crippen molar-refractivity contribution < 1.29 is 24.2 Å². The molecule has 0 fully saturated rings. The first-order valence-corrected chi connectivity index (χ1v) is 11.0. The summed E-state index contributed by atoms with van der Waals surface area (Å²) in [5, 5.41) is 13.0. The Balaban J connectivity index is 1.91. The van der Waals surface area contributed by atoms with Gasteiger partial charge < -0.3 is 15.2 Å². The Morgan fingerprint density at radius 3 is 2.41 bits per heavy atom. The molecule has 0 bridgehead atoms. The second-order valence-corrected chi connectivity index (χ2v) is 9.39. The Morgan fingerprint density at radius 2 is 1.79 bits per heavy atom. The molecule has 1 aromatic heterocycles. The molecule has 7 heteroatoms. The van der Waals surface area contributed by atoms with Crippen LogP contribution in [0.1, 0.15) is 67.8 Å². The van der Waals surface area contributed by atoms with Gasteiger partial charge in [0.15, 0.2) is 0 Å². The third kappa shape index (κ3) is 4.39. The number of rotatable bonds is 5. The number of esters is 1. The second kappa shape index (κ2) is 8.69. The minimum absolute atomic E-state index is 0.264. The van der Waals surface area contributed by atoms with Gasteiger partial charge in [-0.1, -0.05) is 18.1 Å². The summed E-state index contributed by atoms with van der Waals surface area (Å²) < 4.78 is 5.25. The maximum Gasteiger partial charge on any atom is 0.341 e. The first-order chi connectivity index (χ1) is 13.7. The zero-order valence-corrected chi connectivity index (χ0v) is 18.3. The molecule has 0 aliphatic heterocycles. The number of aliphatic carboxylic acids is 1. The van der Waals surface area contributed by atoms with Crippen LogP contribution in [0.3, 0.4) is 0 Å². The van der Waals surface area contributed by atoms with Gasteiger partial charge in [-0.05, 0) is 64.4 Å². The van der Waals surface area contributed by atoms with Crippen LogP contribution in [0.25, 0.3) is 0 Å². The highest BCUT2D eigenvalue weighted by Crippen LogP contribution is 2.41. The van der Waals surface area contributed by atoms with Crippen molar-refractivity contribution in [3.8, 4) is 0 Å². The average molecular weight is 420 g/mol. The van der Waals surface area contributed by atoms with E-state index < -0.39 is 23.8 Å². The molecule has 0 saturated carbocycles. The first-order valence-electron chi connectivity index (χ1n) is 10.2. The number of fused-ring (bicyclic) bond motifs is 1. The molecule has 0 aromatic carbocycles. The number of carbonyl (C=O) groups excluding carboxylic acids is 2. The lowest BCUT2D eigenvalue weighted by molar-refractivity contribution is -0.146. The molecule has 29 heavy (non-hydrogen) atoms. The molecule has 1 amide bonds. The Morgan fingerprint density at radius 1 is 1.14 bits per heavy atom. The largest absolute Gasteiger partial charge is 0.481 e. The monoisotopic (exact) mass is 419 g/mol. The van der Waals surface area contributed by atoms with Crippen LogP contribution in [0.4, 0.5) is 5.00 Å². The number of amides is 1. The molecule has 3 atom stereocenters. The van der Waals surface area contributed by atoms with Gasteiger partial charge in [-0.3, -0.25) is 9.59 Å². The van der Waals surface area contributed by atoms with Gasteiger partial charge in [0.05, 0.1) is 24.0 Å². The Kier molecular flexibility index (Phi) is 6.46. The summed E-state index contributed by atoms with van der Waals surface area (Å²) in [6, 6.07) is 0. The zero-order chi connectivity index (χ0) is 21.3. The molecule has 1 aromatic rings. The van der Waals surface area contributed by atoms with Gasteiger partial charge in [-0.25, -0.2) is 4.79 Å². The van der Waals surface area contributed by atoms with E-state index >= 15 is 0 Å². The third-order valence-electron chi connectivity index (χ3n) is 6.15. The lowest BCUT2D eigenvalue weighted by Gasteiger charge is -2.29. The van der Waals surface area contributed by atoms with Crippen molar-refractivity contribution in [2.75, 3.05) is 11.9 Å². The van der Waals surface area contributed by atoms with Crippen molar-refractivity contribution in [1.29, 1.82) is 0 Å². The quantitative estimate of drug-likeness (QED) is 0.544. The predicted octanol–water partition coefficient (Wildman–Crippen LogP) is 4.44. The molecule has 0 radical (unpaired) electrons. The number of carbonyl (C=O) groups is 3. The molecular formula is C22H29NO5S. The van der Waals surface area contributed by atoms with E-state index in [4.69, 9.17) is 4.74 Å². The fraction of sp³-hybridized carbons (Fsp3) is 0.591. The molecule has 2 N–H and O–H groups in total. The minimum Gasteiger partial charge on any atom is -0.481 e. The van der Waals surface area contributed by atoms with Crippen LogP contribution < -0.4 is 5.32 Å². The van der Waals surface area contributed by atoms with Crippen LogP contribution in [0.5, 0.6) is 0 Å². The fourth-order valence-electron chi connectivity index (χ4n) is 4.29. The topological polar surface area (TPSA) is 92.7 Å². The van der Waals surface area contributed by atoms with Crippen LogP contribution in [0.2, 0.25) is 0 Å². The standard InChI is InChI=1S/C22H29NO5S/c1-5-28-22(27)18-14-7-6-11(2)8-17(14)29-20(18)23-19(24)15-9-12(3)13(4)10-16(15)21(25)26/h11,15-16H,5-10H2,1-4H3,(H,23,24)(H,25,26)/t11-,15+,16-/m0/s1. The summed E-state index contributed by atoms with van der Waals surface area (Å²) in [4.78, 5) is 38.6. The summed E-state index contributed by atoms with van der Waals surface area (Å²) in [6.07, 6.45) is 3.47. The first kappa shape index (κ1) is 21.6. The second-order valence-electron chi connectivity index (χ2n) is 8.29. The molecule has 3 rings (SSSR count). The highest BCUT2D eigenvalue weighted by Gasteiger charge is 2.38. The smallest absolute Gasteiger partial charge is 0.341 e. The van der Waals surface area contributed by atoms with Crippen LogP contribution >= 0.6 is 11.3 Å². The molecule has 0 saturated heterocycles. The third-order valence-corrected chi connectivity index (χ3v) is 7.32. The van der Waals surface area contributed by atoms with Crippen molar-refractivity contribution in [2.45, 2.75) is 59.8 Å². The SMILES string of the molecule is CCOC(=O)c1c(NC(=O)[C@@H]2CC(C)=C(C)C[C@@H]2C(=O)O)sc2c1CC[C@H](C)C2. The summed E-state index contributed by atoms with van der Waals surface area (Å²) >= 11 is 1.43. The lowest BCUT2D eigenvalue weighted by atomic mass is 9.76. The molecule has 6 nitrogen and oxygen atoms in total. The Bertz CT molecular complexity index is 869. The van der Waals surface area contributed by atoms with Gasteiger partial charge in [0.25, 0.3) is 0 Å². The van der Waals surface area contributed by atoms with Crippen molar-refractivity contribution >= 4 is 34.2 Å². The summed E-state index contributed by atoms with van der Waals surface area (Å²) in [5.74, 6) is -2.57. The number of carboxylic acids is 1. The van der Waals surface area contributed by atoms with Gasteiger partial charge >= 0.3 is 11.9 Å². The predicted molar refractivity (Wildman–Crippen MR) is 112 cm³/mol. The number of hydrogen-bond acceptors (Lipinski definition) is 5. The van der Waals surface area contributed by atoms with Gasteiger partial charge in [0, 0.05) is 4.88 Å². The van der Waals surface area contributed by atoms with E-state index in [0.717, 1.165) is 40.8 Å². The number of carboxylic acid groups (broad SMARTS) is 1. The number of allylic oxidation sites excluding steroid dienone is 2. The maximum absolute atomic E-state index is 13.1. The summed E-state index contributed by atoms with van der Waals surface area (Å²) in [7, 11) is 0. The Hall–Kier alpha value is -2.15. The summed E-state index contributed by atoms with van der Waals surface area (Å²) in [6.45, 7) is 8.08. The molecule has 0 unspecified atom stereocenters. The van der Waals surface area contributed by atoms with Crippen molar-refractivity contribution in [3.63, 3.8) is 0 Å². The summed E-state index contributed by atoms with van der Waals surface area (Å²) in [5.41, 5.74) is 3.53. The van der Waals surface area contributed by atoms with Crippen LogP contribution in [0.15, 0.2) is 11.1 Å². The number of anilines is 1. The minimum atomic E-state index is -0.957. The fourth-order valence-corrected chi connectivity index (χ4v) is 5.69. The van der Waals surface area contributed by atoms with Gasteiger partial charge in [-0.2, -0.15) is 0 Å². The van der Waals surface area contributed by atoms with Crippen molar-refractivity contribution in [3.05, 3.63) is 27.2 Å². The van der Waals surface area contributed by atoms with E-state index in [2.05, 4.69) is 12.2 Å². The highest BCUT2D eigenvalue weighted by molar-refractivity contribution is 7.17. The van der Waals surface area contributed by atoms with Crippen LogP contribution in [-0.4, -0.2) is 29.6 Å². The molecule has 1 heterocycles. The Labute approximate surface area is 175 Å². The van der Waals surface area contributed by atoms with Crippen LogP contribution in [-0.2, 0) is 27.2 Å². The van der Waals surface area contributed by atoms with E-state index in [-0.39, 0.29) is 12.5 Å². The average Bonchev–Trinajstić information content (AvgIpc) is 3.00. The molecule has 158 valence electrons. The van der Waals surface area contributed by atoms with Crippen molar-refractivity contribution in [2.24, 2.45) is 17.8 Å². The van der Waals surface area contributed by atoms with E-state index in [1.165, 1.54) is 11.3 Å². The van der Waals surface area contributed by atoms with Gasteiger partial charge in [-0.15, -0.1) is 11.3 Å². The zero-order valence-electron chi connectivity index (χ0n) is 17.5. The van der Waals surface area contributed by atoms with Gasteiger partial charge in [0.2, 0.25) is 5.91 Å². The number of ether oxygens (including phenoxy) is 1. The number of hydrogen-bond donors (Lipinski definition) is 2. The molecule has 2 aliphatic rings. The van der Waals surface area contributed by atoms with E-state index in [0.29, 0.717) is 29.3 Å². The molecule has 2 aliphatic carbocycles. The normalized spacial score (nSPS) is 24.1. The van der Waals surface area contributed by atoms with E-state index in [1.807, 2.05) is 13.8 Å². The maximum atomic E-state index is 13.1. The number of nitrogens with one attached hydrogen (secondary N) is 1. The van der Waals surface area contributed by atoms with Gasteiger partial charge in [0.1, 0.15) is 5.00 Å². The van der Waals surface area contributed by atoms with E-state index in [9.17, 15) is 19.5 Å². The number of thiophene rings is 1. The van der Waals surface area contributed by atoms with Crippen LogP contribution in [0, 0.1) is 17.8 Å². The van der Waals surface area contributed by atoms with E-state index in [1.54, 1.807) is 6.92 Å². The molecule has 0 spiro atoms. The lowest BCUT2D eigenvalue weighted by Crippen LogP contribution is -2.36. The molecular weight excluding hydrogens is 390 g/mol. The highest BCUT2D eigenvalue weighted by atomic mass is 32.1.